The first-order valence-corrected chi connectivity index (χ1v) is 11.1. The molecule has 0 aliphatic carbocycles. The van der Waals surface area contributed by atoms with E-state index in [1.165, 1.54) is 16.2 Å². The summed E-state index contributed by atoms with van der Waals surface area (Å²) in [6.07, 6.45) is 0. The van der Waals surface area contributed by atoms with Crippen molar-refractivity contribution in [2.24, 2.45) is 0 Å². The fourth-order valence-electron chi connectivity index (χ4n) is 3.74. The van der Waals surface area contributed by atoms with E-state index >= 15 is 0 Å². The Morgan fingerprint density at radius 3 is 2.43 bits per heavy atom. The number of aliphatic hydroxyl groups is 1. The van der Waals surface area contributed by atoms with Crippen LogP contribution in [0.3, 0.4) is 0 Å². The molecule has 6 heteroatoms. The molecule has 1 amide bonds. The normalized spacial score (nSPS) is 18.3. The van der Waals surface area contributed by atoms with Gasteiger partial charge in [0.25, 0.3) is 11.7 Å². The van der Waals surface area contributed by atoms with Crippen LogP contribution in [0.4, 0.5) is 5.69 Å². The molecule has 4 nitrogen and oxygen atoms in total. The highest BCUT2D eigenvalue weighted by molar-refractivity contribution is 9.10. The van der Waals surface area contributed by atoms with Crippen LogP contribution in [0.15, 0.2) is 64.0 Å². The Kier molecular flexibility index (Phi) is 5.38. The number of ketones is 1. The summed E-state index contributed by atoms with van der Waals surface area (Å²) in [5, 5.41) is 13.1. The van der Waals surface area contributed by atoms with Gasteiger partial charge >= 0.3 is 0 Å². The van der Waals surface area contributed by atoms with Crippen LogP contribution in [-0.2, 0) is 9.59 Å². The number of hydrogen-bond acceptors (Lipinski definition) is 4. The first-order chi connectivity index (χ1) is 14.3. The quantitative estimate of drug-likeness (QED) is 0.280. The van der Waals surface area contributed by atoms with Gasteiger partial charge in [0, 0.05) is 20.6 Å². The number of Topliss-reactive ketones (excluding diaryl/α,β-unsaturated/α-hetero) is 1. The lowest BCUT2D eigenvalue weighted by molar-refractivity contribution is -0.132. The summed E-state index contributed by atoms with van der Waals surface area (Å²) >= 11 is 4.93. The van der Waals surface area contributed by atoms with E-state index in [-0.39, 0.29) is 11.3 Å². The van der Waals surface area contributed by atoms with Crippen molar-refractivity contribution in [3.63, 3.8) is 0 Å². The van der Waals surface area contributed by atoms with Gasteiger partial charge in [-0.15, -0.1) is 11.3 Å². The molecular weight excluding hydrogens is 462 g/mol. The predicted molar refractivity (Wildman–Crippen MR) is 124 cm³/mol. The molecule has 0 radical (unpaired) electrons. The molecule has 0 bridgehead atoms. The molecule has 152 valence electrons. The zero-order chi connectivity index (χ0) is 21.6. The van der Waals surface area contributed by atoms with E-state index in [0.717, 1.165) is 26.0 Å². The van der Waals surface area contributed by atoms with Crippen LogP contribution in [0.5, 0.6) is 0 Å². The third kappa shape index (κ3) is 3.40. The average molecular weight is 482 g/mol. The lowest BCUT2D eigenvalue weighted by Crippen LogP contribution is -2.29. The molecule has 1 aliphatic heterocycles. The van der Waals surface area contributed by atoms with Crippen LogP contribution in [0, 0.1) is 20.8 Å². The molecule has 1 aliphatic rings. The SMILES string of the molecule is Cc1cccc(N2C(=O)C(=O)/C(=C(\O)c3ccc(Br)c(C)c3)C2c2sccc2C)c1. The summed E-state index contributed by atoms with van der Waals surface area (Å²) in [7, 11) is 0. The number of anilines is 1. The van der Waals surface area contributed by atoms with Gasteiger partial charge in [0.1, 0.15) is 11.8 Å². The zero-order valence-electron chi connectivity index (χ0n) is 16.8. The largest absolute Gasteiger partial charge is 0.507 e. The van der Waals surface area contributed by atoms with E-state index < -0.39 is 17.7 Å². The Morgan fingerprint density at radius 1 is 1.03 bits per heavy atom. The van der Waals surface area contributed by atoms with Crippen molar-refractivity contribution >= 4 is 50.4 Å². The van der Waals surface area contributed by atoms with E-state index in [0.29, 0.717) is 11.3 Å². The summed E-state index contributed by atoms with van der Waals surface area (Å²) in [5.41, 5.74) is 4.16. The molecule has 1 aromatic heterocycles. The zero-order valence-corrected chi connectivity index (χ0v) is 19.2. The summed E-state index contributed by atoms with van der Waals surface area (Å²) in [5.74, 6) is -1.46. The molecular formula is C24H20BrNO3S. The van der Waals surface area contributed by atoms with Crippen molar-refractivity contribution in [3.05, 3.63) is 91.1 Å². The average Bonchev–Trinajstić information content (AvgIpc) is 3.24. The highest BCUT2D eigenvalue weighted by atomic mass is 79.9. The fourth-order valence-corrected chi connectivity index (χ4v) is 5.01. The molecule has 2 heterocycles. The van der Waals surface area contributed by atoms with E-state index in [4.69, 9.17) is 0 Å². The number of halogens is 1. The number of nitrogens with zero attached hydrogens (tertiary/aromatic N) is 1. The smallest absolute Gasteiger partial charge is 0.300 e. The number of thiophene rings is 1. The predicted octanol–water partition coefficient (Wildman–Crippen LogP) is 6.06. The molecule has 1 fully saturated rings. The minimum absolute atomic E-state index is 0.119. The Labute approximate surface area is 187 Å². The summed E-state index contributed by atoms with van der Waals surface area (Å²) in [6.45, 7) is 5.80. The van der Waals surface area contributed by atoms with Crippen molar-refractivity contribution in [2.75, 3.05) is 4.90 Å². The molecule has 1 saturated heterocycles. The molecule has 0 saturated carbocycles. The molecule has 4 rings (SSSR count). The number of rotatable bonds is 3. The number of aryl methyl sites for hydroxylation is 3. The van der Waals surface area contributed by atoms with Crippen LogP contribution < -0.4 is 4.90 Å². The summed E-state index contributed by atoms with van der Waals surface area (Å²) < 4.78 is 0.907. The lowest BCUT2D eigenvalue weighted by Gasteiger charge is -2.25. The number of hydrogen-bond donors (Lipinski definition) is 1. The van der Waals surface area contributed by atoms with Gasteiger partial charge in [-0.05, 0) is 73.2 Å². The minimum Gasteiger partial charge on any atom is -0.507 e. The van der Waals surface area contributed by atoms with Crippen molar-refractivity contribution in [1.82, 2.24) is 0 Å². The van der Waals surface area contributed by atoms with Gasteiger partial charge in [-0.2, -0.15) is 0 Å². The summed E-state index contributed by atoms with van der Waals surface area (Å²) in [4.78, 5) is 28.6. The molecule has 1 N–H and O–H groups in total. The molecule has 0 spiro atoms. The second kappa shape index (κ2) is 7.85. The lowest BCUT2D eigenvalue weighted by atomic mass is 9.97. The van der Waals surface area contributed by atoms with Gasteiger partial charge in [-0.3, -0.25) is 14.5 Å². The second-order valence-corrected chi connectivity index (χ2v) is 9.24. The van der Waals surface area contributed by atoms with Crippen molar-refractivity contribution < 1.29 is 14.7 Å². The van der Waals surface area contributed by atoms with Gasteiger partial charge in [0.05, 0.1) is 5.57 Å². The number of aliphatic hydroxyl groups excluding tert-OH is 1. The summed E-state index contributed by atoms with van der Waals surface area (Å²) in [6, 6.07) is 14.2. The molecule has 2 aromatic carbocycles. The van der Waals surface area contributed by atoms with Crippen molar-refractivity contribution in [2.45, 2.75) is 26.8 Å². The van der Waals surface area contributed by atoms with Gasteiger partial charge in [-0.1, -0.05) is 34.1 Å². The minimum atomic E-state index is -0.674. The van der Waals surface area contributed by atoms with Gasteiger partial charge in [-0.25, -0.2) is 0 Å². The topological polar surface area (TPSA) is 57.6 Å². The maximum absolute atomic E-state index is 13.1. The van der Waals surface area contributed by atoms with E-state index in [9.17, 15) is 14.7 Å². The van der Waals surface area contributed by atoms with Crippen LogP contribution in [0.25, 0.3) is 5.76 Å². The van der Waals surface area contributed by atoms with E-state index in [1.807, 2.05) is 62.5 Å². The standard InChI is InChI=1S/C24H20BrNO3S/c1-13-5-4-6-17(11-13)26-20(23-14(2)9-10-30-23)19(22(28)24(26)29)21(27)16-7-8-18(25)15(3)12-16/h4-12,20,27H,1-3H3/b21-19-. The van der Waals surface area contributed by atoms with Crippen molar-refractivity contribution in [1.29, 1.82) is 0 Å². The molecule has 30 heavy (non-hydrogen) atoms. The van der Waals surface area contributed by atoms with Crippen LogP contribution >= 0.6 is 27.3 Å². The van der Waals surface area contributed by atoms with Crippen molar-refractivity contribution in [3.8, 4) is 0 Å². The third-order valence-electron chi connectivity index (χ3n) is 5.31. The van der Waals surface area contributed by atoms with Gasteiger partial charge < -0.3 is 5.11 Å². The Morgan fingerprint density at radius 2 is 1.80 bits per heavy atom. The number of benzene rings is 2. The molecule has 1 unspecified atom stereocenters. The maximum atomic E-state index is 13.1. The number of carbonyl (C=O) groups excluding carboxylic acids is 2. The first kappa shape index (κ1) is 20.6. The van der Waals surface area contributed by atoms with Gasteiger partial charge in [0.15, 0.2) is 0 Å². The highest BCUT2D eigenvalue weighted by Gasteiger charge is 2.47. The van der Waals surface area contributed by atoms with E-state index in [1.54, 1.807) is 12.1 Å². The maximum Gasteiger partial charge on any atom is 0.300 e. The van der Waals surface area contributed by atoms with Crippen LogP contribution in [-0.4, -0.2) is 16.8 Å². The monoisotopic (exact) mass is 481 g/mol. The second-order valence-electron chi connectivity index (χ2n) is 7.44. The molecule has 3 aromatic rings. The van der Waals surface area contributed by atoms with Crippen LogP contribution in [0.2, 0.25) is 0 Å². The number of amides is 1. The molecule has 1 atom stereocenters. The first-order valence-electron chi connectivity index (χ1n) is 9.47. The Bertz CT molecular complexity index is 1210. The fraction of sp³-hybridized carbons (Fsp3) is 0.167. The number of carbonyl (C=O) groups is 2. The highest BCUT2D eigenvalue weighted by Crippen LogP contribution is 2.45. The Balaban J connectivity index is 1.97. The van der Waals surface area contributed by atoms with Crippen LogP contribution in [0.1, 0.15) is 33.2 Å². The Hall–Kier alpha value is -2.70. The van der Waals surface area contributed by atoms with Gasteiger partial charge in [0.2, 0.25) is 0 Å². The van der Waals surface area contributed by atoms with E-state index in [2.05, 4.69) is 15.9 Å². The third-order valence-corrected chi connectivity index (χ3v) is 7.27.